The molecule has 1 N–H and O–H groups in total. The second-order valence-corrected chi connectivity index (χ2v) is 7.62. The lowest BCUT2D eigenvalue weighted by molar-refractivity contribution is -0.121. The molecule has 0 spiro atoms. The molecule has 0 atom stereocenters. The molecule has 0 saturated carbocycles. The van der Waals surface area contributed by atoms with E-state index in [1.54, 1.807) is 7.11 Å². The fraction of sp³-hybridized carbons (Fsp3) is 0.421. The molecule has 0 fully saturated rings. The number of fused-ring (bicyclic) bond motifs is 1. The lowest BCUT2D eigenvalue weighted by atomic mass is 10.1. The summed E-state index contributed by atoms with van der Waals surface area (Å²) < 4.78 is 5.14. The summed E-state index contributed by atoms with van der Waals surface area (Å²) in [5.41, 5.74) is 2.49. The van der Waals surface area contributed by atoms with Crippen LogP contribution in [0.5, 0.6) is 5.75 Å². The van der Waals surface area contributed by atoms with Crippen molar-refractivity contribution in [2.24, 2.45) is 0 Å². The van der Waals surface area contributed by atoms with Crippen LogP contribution in [0.2, 0.25) is 5.02 Å². The summed E-state index contributed by atoms with van der Waals surface area (Å²) >= 11 is 7.96. The van der Waals surface area contributed by atoms with Crippen LogP contribution in [0.4, 0.5) is 0 Å². The lowest BCUT2D eigenvalue weighted by Crippen LogP contribution is -2.37. The first kappa shape index (κ1) is 18.2. The van der Waals surface area contributed by atoms with Gasteiger partial charge in [0.2, 0.25) is 5.91 Å². The molecule has 1 aliphatic heterocycles. The Bertz CT molecular complexity index is 732. The van der Waals surface area contributed by atoms with E-state index in [2.05, 4.69) is 21.7 Å². The molecule has 0 aliphatic carbocycles. The standard InChI is InChI=1S/C19H23ClN2O2S/c1-24-17-4-2-14(12-16(17)20)3-5-19(23)21-8-10-22-9-6-18-15(13-22)7-11-25-18/h2,4,7,11-12H,3,5-6,8-10,13H2,1H3,(H,21,23). The monoisotopic (exact) mass is 378 g/mol. The van der Waals surface area contributed by atoms with Crippen molar-refractivity contribution in [1.29, 1.82) is 0 Å². The van der Waals surface area contributed by atoms with Crippen LogP contribution in [0.3, 0.4) is 0 Å². The summed E-state index contributed by atoms with van der Waals surface area (Å²) in [5, 5.41) is 5.77. The second-order valence-electron chi connectivity index (χ2n) is 6.21. The van der Waals surface area contributed by atoms with Gasteiger partial charge in [0.05, 0.1) is 12.1 Å². The van der Waals surface area contributed by atoms with Gasteiger partial charge in [-0.3, -0.25) is 9.69 Å². The first-order chi connectivity index (χ1) is 12.2. The van der Waals surface area contributed by atoms with Gasteiger partial charge in [-0.25, -0.2) is 0 Å². The first-order valence-electron chi connectivity index (χ1n) is 8.52. The molecule has 3 rings (SSSR count). The zero-order chi connectivity index (χ0) is 17.6. The number of nitrogens with one attached hydrogen (secondary N) is 1. The molecular weight excluding hydrogens is 356 g/mol. The van der Waals surface area contributed by atoms with E-state index in [1.807, 2.05) is 29.5 Å². The average molecular weight is 379 g/mol. The van der Waals surface area contributed by atoms with E-state index in [9.17, 15) is 4.79 Å². The van der Waals surface area contributed by atoms with Crippen molar-refractivity contribution < 1.29 is 9.53 Å². The molecule has 0 unspecified atom stereocenters. The van der Waals surface area contributed by atoms with Crippen molar-refractivity contribution in [3.8, 4) is 5.75 Å². The fourth-order valence-electron chi connectivity index (χ4n) is 3.06. The van der Waals surface area contributed by atoms with Crippen molar-refractivity contribution >= 4 is 28.8 Å². The number of aryl methyl sites for hydroxylation is 1. The number of nitrogens with zero attached hydrogens (tertiary/aromatic N) is 1. The van der Waals surface area contributed by atoms with Crippen molar-refractivity contribution in [3.05, 3.63) is 50.7 Å². The number of methoxy groups -OCH3 is 1. The first-order valence-corrected chi connectivity index (χ1v) is 9.78. The Morgan fingerprint density at radius 3 is 3.08 bits per heavy atom. The topological polar surface area (TPSA) is 41.6 Å². The number of carbonyl (C=O) groups excluding carboxylic acids is 1. The summed E-state index contributed by atoms with van der Waals surface area (Å²) in [7, 11) is 1.59. The number of hydrogen-bond donors (Lipinski definition) is 1. The summed E-state index contributed by atoms with van der Waals surface area (Å²) in [5.74, 6) is 0.741. The third kappa shape index (κ3) is 4.97. The van der Waals surface area contributed by atoms with E-state index in [0.29, 0.717) is 30.2 Å². The Morgan fingerprint density at radius 1 is 1.40 bits per heavy atom. The van der Waals surface area contributed by atoms with Crippen LogP contribution in [-0.2, 0) is 24.2 Å². The van der Waals surface area contributed by atoms with E-state index in [1.165, 1.54) is 10.4 Å². The van der Waals surface area contributed by atoms with Gasteiger partial charge in [0, 0.05) is 37.5 Å². The SMILES string of the molecule is COc1ccc(CCC(=O)NCCN2CCc3sccc3C2)cc1Cl. The van der Waals surface area contributed by atoms with Crippen LogP contribution in [0, 0.1) is 0 Å². The van der Waals surface area contributed by atoms with Crippen LogP contribution >= 0.6 is 22.9 Å². The smallest absolute Gasteiger partial charge is 0.220 e. The van der Waals surface area contributed by atoms with E-state index in [0.717, 1.165) is 31.6 Å². The largest absolute Gasteiger partial charge is 0.495 e. The Balaban J connectivity index is 1.36. The molecule has 0 radical (unpaired) electrons. The molecule has 1 aliphatic rings. The molecule has 25 heavy (non-hydrogen) atoms. The van der Waals surface area contributed by atoms with E-state index < -0.39 is 0 Å². The van der Waals surface area contributed by atoms with Crippen LogP contribution in [0.1, 0.15) is 22.4 Å². The number of amides is 1. The minimum Gasteiger partial charge on any atom is -0.495 e. The normalized spacial score (nSPS) is 14.2. The predicted molar refractivity (Wildman–Crippen MR) is 103 cm³/mol. The molecule has 6 heteroatoms. The molecule has 1 amide bonds. The number of ether oxygens (including phenoxy) is 1. The number of carbonyl (C=O) groups is 1. The quantitative estimate of drug-likeness (QED) is 0.801. The minimum atomic E-state index is 0.0835. The fourth-order valence-corrected chi connectivity index (χ4v) is 4.23. The maximum Gasteiger partial charge on any atom is 0.220 e. The van der Waals surface area contributed by atoms with Gasteiger partial charge in [-0.15, -0.1) is 11.3 Å². The highest BCUT2D eigenvalue weighted by Crippen LogP contribution is 2.25. The number of rotatable bonds is 7. The summed E-state index contributed by atoms with van der Waals surface area (Å²) in [6, 6.07) is 7.86. The third-order valence-corrected chi connectivity index (χ3v) is 5.81. The zero-order valence-corrected chi connectivity index (χ0v) is 16.0. The van der Waals surface area contributed by atoms with Crippen molar-refractivity contribution in [3.63, 3.8) is 0 Å². The molecule has 2 aromatic rings. The summed E-state index contributed by atoms with van der Waals surface area (Å²) in [6.45, 7) is 3.67. The second kappa shape index (κ2) is 8.70. The molecular formula is C19H23ClN2O2S. The van der Waals surface area contributed by atoms with Gasteiger partial charge in [-0.2, -0.15) is 0 Å². The van der Waals surface area contributed by atoms with Gasteiger partial charge >= 0.3 is 0 Å². The molecule has 4 nitrogen and oxygen atoms in total. The van der Waals surface area contributed by atoms with Crippen LogP contribution in [-0.4, -0.2) is 37.6 Å². The van der Waals surface area contributed by atoms with E-state index >= 15 is 0 Å². The molecule has 134 valence electrons. The third-order valence-electron chi connectivity index (χ3n) is 4.49. The molecule has 1 aromatic carbocycles. The zero-order valence-electron chi connectivity index (χ0n) is 14.4. The highest BCUT2D eigenvalue weighted by Gasteiger charge is 2.16. The van der Waals surface area contributed by atoms with Gasteiger partial charge in [0.1, 0.15) is 5.75 Å². The predicted octanol–water partition coefficient (Wildman–Crippen LogP) is 3.52. The van der Waals surface area contributed by atoms with Crippen LogP contribution in [0.15, 0.2) is 29.6 Å². The number of hydrogen-bond acceptors (Lipinski definition) is 4. The van der Waals surface area contributed by atoms with Crippen molar-refractivity contribution in [2.75, 3.05) is 26.7 Å². The van der Waals surface area contributed by atoms with Gasteiger partial charge in [-0.05, 0) is 47.5 Å². The number of thiophene rings is 1. The Morgan fingerprint density at radius 2 is 2.28 bits per heavy atom. The maximum atomic E-state index is 12.0. The number of halogens is 1. The van der Waals surface area contributed by atoms with Gasteiger partial charge in [0.15, 0.2) is 0 Å². The lowest BCUT2D eigenvalue weighted by Gasteiger charge is -2.26. The highest BCUT2D eigenvalue weighted by atomic mass is 35.5. The Hall–Kier alpha value is -1.56. The molecule has 0 bridgehead atoms. The van der Waals surface area contributed by atoms with E-state index in [4.69, 9.17) is 16.3 Å². The Kier molecular flexibility index (Phi) is 6.34. The van der Waals surface area contributed by atoms with Gasteiger partial charge in [-0.1, -0.05) is 17.7 Å². The van der Waals surface area contributed by atoms with Gasteiger partial charge < -0.3 is 10.1 Å². The highest BCUT2D eigenvalue weighted by molar-refractivity contribution is 7.10. The van der Waals surface area contributed by atoms with Crippen molar-refractivity contribution in [1.82, 2.24) is 10.2 Å². The van der Waals surface area contributed by atoms with Gasteiger partial charge in [0.25, 0.3) is 0 Å². The average Bonchev–Trinajstić information content (AvgIpc) is 3.08. The summed E-state index contributed by atoms with van der Waals surface area (Å²) in [4.78, 5) is 16.0. The molecule has 0 saturated heterocycles. The van der Waals surface area contributed by atoms with Crippen LogP contribution in [0.25, 0.3) is 0 Å². The maximum absolute atomic E-state index is 12.0. The Labute approximate surface area is 157 Å². The van der Waals surface area contributed by atoms with Crippen LogP contribution < -0.4 is 10.1 Å². The van der Waals surface area contributed by atoms with Crippen molar-refractivity contribution in [2.45, 2.75) is 25.8 Å². The number of benzene rings is 1. The summed E-state index contributed by atoms with van der Waals surface area (Å²) in [6.07, 6.45) is 2.27. The molecule has 1 aromatic heterocycles. The van der Waals surface area contributed by atoms with E-state index in [-0.39, 0.29) is 5.91 Å². The minimum absolute atomic E-state index is 0.0835. The molecule has 2 heterocycles.